The maximum absolute atomic E-state index is 4.51. The van der Waals surface area contributed by atoms with E-state index in [1.54, 1.807) is 0 Å². The summed E-state index contributed by atoms with van der Waals surface area (Å²) in [6, 6.07) is 0. The lowest BCUT2D eigenvalue weighted by Gasteiger charge is -2.22. The number of allylic oxidation sites excluding steroid dienone is 1. The number of aliphatic imine (C=N–C) groups is 1. The van der Waals surface area contributed by atoms with Crippen LogP contribution in [-0.2, 0) is 0 Å². The van der Waals surface area contributed by atoms with Gasteiger partial charge in [-0.15, -0.1) is 0 Å². The molecule has 0 aromatic rings. The molecule has 0 spiro atoms. The van der Waals surface area contributed by atoms with Crippen LogP contribution in [0.25, 0.3) is 0 Å². The highest BCUT2D eigenvalue weighted by Gasteiger charge is 2.18. The van der Waals surface area contributed by atoms with Gasteiger partial charge >= 0.3 is 0 Å². The van der Waals surface area contributed by atoms with Gasteiger partial charge in [0.15, 0.2) is 0 Å². The fourth-order valence-electron chi connectivity index (χ4n) is 1.10. The lowest BCUT2D eigenvalue weighted by Crippen LogP contribution is -2.21. The van der Waals surface area contributed by atoms with E-state index in [1.165, 1.54) is 5.71 Å². The third-order valence-corrected chi connectivity index (χ3v) is 1.90. The molecule has 0 N–H and O–H groups in total. The van der Waals surface area contributed by atoms with E-state index < -0.39 is 0 Å². The second-order valence-corrected chi connectivity index (χ2v) is 4.31. The lowest BCUT2D eigenvalue weighted by molar-refractivity contribution is 0.581. The molecule has 0 radical (unpaired) electrons. The highest BCUT2D eigenvalue weighted by Crippen LogP contribution is 2.20. The van der Waals surface area contributed by atoms with Gasteiger partial charge in [0.25, 0.3) is 0 Å². The van der Waals surface area contributed by atoms with Crippen LogP contribution in [0.15, 0.2) is 17.1 Å². The first-order valence-electron chi connectivity index (χ1n) is 4.23. The molecule has 0 saturated carbocycles. The van der Waals surface area contributed by atoms with Crippen LogP contribution in [-0.4, -0.2) is 12.3 Å². The van der Waals surface area contributed by atoms with Crippen LogP contribution in [0.5, 0.6) is 0 Å². The molecule has 1 rings (SSSR count). The van der Waals surface area contributed by atoms with Crippen LogP contribution >= 0.6 is 0 Å². The smallest absolute Gasteiger partial charge is 0.0453 e. The predicted octanol–water partition coefficient (Wildman–Crippen LogP) is 2.68. The van der Waals surface area contributed by atoms with Crippen LogP contribution in [0.4, 0.5) is 0 Å². The molecule has 0 aliphatic carbocycles. The van der Waals surface area contributed by atoms with Gasteiger partial charge in [-0.2, -0.15) is 0 Å². The van der Waals surface area contributed by atoms with Crippen molar-refractivity contribution < 1.29 is 0 Å². The van der Waals surface area contributed by atoms with Crippen molar-refractivity contribution in [2.45, 2.75) is 27.7 Å². The molecule has 0 aromatic carbocycles. The van der Waals surface area contributed by atoms with E-state index in [-0.39, 0.29) is 5.41 Å². The topological polar surface area (TPSA) is 12.4 Å². The first kappa shape index (κ1) is 8.51. The van der Waals surface area contributed by atoms with Crippen molar-refractivity contribution in [3.63, 3.8) is 0 Å². The third-order valence-electron chi connectivity index (χ3n) is 1.90. The molecule has 1 unspecified atom stereocenters. The standard InChI is InChI=1S/C10H17N/c1-8-5-6-9(11-7-8)10(2,3)4/h5-6,8H,7H2,1-4H3. The number of hydrogen-bond acceptors (Lipinski definition) is 1. The van der Waals surface area contributed by atoms with Gasteiger partial charge in [-0.3, -0.25) is 4.99 Å². The minimum Gasteiger partial charge on any atom is -0.289 e. The summed E-state index contributed by atoms with van der Waals surface area (Å²) in [7, 11) is 0. The van der Waals surface area contributed by atoms with E-state index in [0.29, 0.717) is 5.92 Å². The average molecular weight is 151 g/mol. The molecule has 1 aliphatic heterocycles. The zero-order valence-corrected chi connectivity index (χ0v) is 7.89. The Labute approximate surface area is 69.2 Å². The summed E-state index contributed by atoms with van der Waals surface area (Å²) in [5.74, 6) is 0.626. The molecular formula is C10H17N. The zero-order chi connectivity index (χ0) is 8.48. The Balaban J connectivity index is 2.71. The SMILES string of the molecule is CC1C=CC(C(C)(C)C)=NC1. The molecule has 0 aromatic heterocycles. The fourth-order valence-corrected chi connectivity index (χ4v) is 1.10. The van der Waals surface area contributed by atoms with Gasteiger partial charge in [0.05, 0.1) is 0 Å². The summed E-state index contributed by atoms with van der Waals surface area (Å²) in [4.78, 5) is 4.51. The second-order valence-electron chi connectivity index (χ2n) is 4.31. The van der Waals surface area contributed by atoms with E-state index in [0.717, 1.165) is 6.54 Å². The van der Waals surface area contributed by atoms with Gasteiger partial charge in [-0.05, 0) is 12.0 Å². The molecule has 1 nitrogen and oxygen atoms in total. The maximum atomic E-state index is 4.51. The molecule has 1 aliphatic rings. The molecule has 0 fully saturated rings. The van der Waals surface area contributed by atoms with Crippen LogP contribution in [0.2, 0.25) is 0 Å². The van der Waals surface area contributed by atoms with Crippen LogP contribution in [0.1, 0.15) is 27.7 Å². The average Bonchev–Trinajstić information content (AvgIpc) is 1.86. The fraction of sp³-hybridized carbons (Fsp3) is 0.700. The van der Waals surface area contributed by atoms with Gasteiger partial charge in [0.1, 0.15) is 0 Å². The minimum absolute atomic E-state index is 0.219. The molecule has 1 heterocycles. The highest BCUT2D eigenvalue weighted by atomic mass is 14.8. The van der Waals surface area contributed by atoms with Gasteiger partial charge in [-0.25, -0.2) is 0 Å². The first-order valence-corrected chi connectivity index (χ1v) is 4.23. The Morgan fingerprint density at radius 2 is 2.09 bits per heavy atom. The molecule has 0 bridgehead atoms. The zero-order valence-electron chi connectivity index (χ0n) is 7.89. The van der Waals surface area contributed by atoms with Crippen molar-refractivity contribution in [3.8, 4) is 0 Å². The second kappa shape index (κ2) is 2.80. The summed E-state index contributed by atoms with van der Waals surface area (Å²) in [5, 5.41) is 0. The Morgan fingerprint density at radius 3 is 2.45 bits per heavy atom. The van der Waals surface area contributed by atoms with Crippen molar-refractivity contribution in [2.24, 2.45) is 16.3 Å². The summed E-state index contributed by atoms with van der Waals surface area (Å²) in [6.45, 7) is 9.76. The summed E-state index contributed by atoms with van der Waals surface area (Å²) in [5.41, 5.74) is 1.45. The molecular weight excluding hydrogens is 134 g/mol. The number of hydrogen-bond donors (Lipinski definition) is 0. The maximum Gasteiger partial charge on any atom is 0.0453 e. The molecule has 62 valence electrons. The Morgan fingerprint density at radius 1 is 1.45 bits per heavy atom. The molecule has 11 heavy (non-hydrogen) atoms. The van der Waals surface area contributed by atoms with Crippen molar-refractivity contribution >= 4 is 5.71 Å². The molecule has 0 amide bonds. The molecule has 1 heteroatoms. The number of nitrogens with zero attached hydrogens (tertiary/aromatic N) is 1. The van der Waals surface area contributed by atoms with Gasteiger partial charge in [0.2, 0.25) is 0 Å². The number of rotatable bonds is 0. The quantitative estimate of drug-likeness (QED) is 0.504. The van der Waals surface area contributed by atoms with Crippen molar-refractivity contribution in [3.05, 3.63) is 12.2 Å². The minimum atomic E-state index is 0.219. The predicted molar refractivity (Wildman–Crippen MR) is 50.1 cm³/mol. The van der Waals surface area contributed by atoms with Gasteiger partial charge in [0, 0.05) is 17.7 Å². The molecule has 0 saturated heterocycles. The van der Waals surface area contributed by atoms with Gasteiger partial charge in [-0.1, -0.05) is 33.8 Å². The van der Waals surface area contributed by atoms with E-state index in [1.807, 2.05) is 0 Å². The Kier molecular flexibility index (Phi) is 2.17. The van der Waals surface area contributed by atoms with Crippen LogP contribution in [0, 0.1) is 11.3 Å². The summed E-state index contributed by atoms with van der Waals surface area (Å²) < 4.78 is 0. The third kappa shape index (κ3) is 2.18. The highest BCUT2D eigenvalue weighted by molar-refractivity contribution is 5.99. The Hall–Kier alpha value is -0.590. The van der Waals surface area contributed by atoms with Crippen LogP contribution in [0.3, 0.4) is 0 Å². The van der Waals surface area contributed by atoms with Gasteiger partial charge < -0.3 is 0 Å². The van der Waals surface area contributed by atoms with E-state index in [2.05, 4.69) is 44.8 Å². The summed E-state index contributed by atoms with van der Waals surface area (Å²) in [6.07, 6.45) is 4.40. The van der Waals surface area contributed by atoms with E-state index in [9.17, 15) is 0 Å². The monoisotopic (exact) mass is 151 g/mol. The van der Waals surface area contributed by atoms with E-state index in [4.69, 9.17) is 0 Å². The van der Waals surface area contributed by atoms with Crippen LogP contribution < -0.4 is 0 Å². The first-order chi connectivity index (χ1) is 5.00. The largest absolute Gasteiger partial charge is 0.289 e. The van der Waals surface area contributed by atoms with E-state index >= 15 is 0 Å². The van der Waals surface area contributed by atoms with Crippen molar-refractivity contribution in [1.82, 2.24) is 0 Å². The molecule has 1 atom stereocenters. The normalized spacial score (nSPS) is 25.1. The summed E-state index contributed by atoms with van der Waals surface area (Å²) >= 11 is 0. The lowest BCUT2D eigenvalue weighted by atomic mass is 9.88. The van der Waals surface area contributed by atoms with Crippen molar-refractivity contribution in [2.75, 3.05) is 6.54 Å². The number of dihydropyridines is 1. The van der Waals surface area contributed by atoms with Crippen molar-refractivity contribution in [1.29, 1.82) is 0 Å². The Bertz CT molecular complexity index is 193.